The number of para-hydroxylation sites is 1. The zero-order valence-electron chi connectivity index (χ0n) is 11.9. The van der Waals surface area contributed by atoms with Crippen molar-refractivity contribution in [2.75, 3.05) is 12.4 Å². The number of amides is 1. The van der Waals surface area contributed by atoms with Gasteiger partial charge in [-0.15, -0.1) is 0 Å². The van der Waals surface area contributed by atoms with E-state index in [2.05, 4.69) is 20.5 Å². The molecule has 3 aromatic rings. The van der Waals surface area contributed by atoms with E-state index in [0.29, 0.717) is 11.4 Å². The number of ether oxygens (including phenoxy) is 1. The van der Waals surface area contributed by atoms with E-state index in [0.717, 1.165) is 17.0 Å². The average molecular weight is 294 g/mol. The first-order chi connectivity index (χ1) is 10.8. The lowest BCUT2D eigenvalue weighted by atomic mass is 10.1. The number of nitrogens with zero attached hydrogens (tertiary/aromatic N) is 2. The first kappa shape index (κ1) is 13.8. The number of aromatic amines is 1. The highest BCUT2D eigenvalue weighted by atomic mass is 16.5. The van der Waals surface area contributed by atoms with E-state index in [9.17, 15) is 4.79 Å². The molecular weight excluding hydrogens is 280 g/mol. The Morgan fingerprint density at radius 2 is 1.95 bits per heavy atom. The van der Waals surface area contributed by atoms with Gasteiger partial charge in [-0.3, -0.25) is 14.9 Å². The van der Waals surface area contributed by atoms with E-state index in [1.54, 1.807) is 37.7 Å². The Bertz CT molecular complexity index is 784. The van der Waals surface area contributed by atoms with Crippen molar-refractivity contribution in [3.63, 3.8) is 0 Å². The molecule has 0 atom stereocenters. The second kappa shape index (κ2) is 6.09. The standard InChI is InChI=1S/C16H14N4O2/c1-22-14-5-3-2-4-12(14)13-10-15(20-19-13)18-16(21)11-6-8-17-9-7-11/h2-10H,1H3,(H2,18,19,20,21). The number of carbonyl (C=O) groups is 1. The minimum atomic E-state index is -0.236. The minimum Gasteiger partial charge on any atom is -0.496 e. The predicted molar refractivity (Wildman–Crippen MR) is 82.8 cm³/mol. The van der Waals surface area contributed by atoms with Crippen LogP contribution in [-0.4, -0.2) is 28.2 Å². The highest BCUT2D eigenvalue weighted by Crippen LogP contribution is 2.29. The summed E-state index contributed by atoms with van der Waals surface area (Å²) in [7, 11) is 1.61. The maximum absolute atomic E-state index is 12.1. The number of hydrogen-bond donors (Lipinski definition) is 2. The van der Waals surface area contributed by atoms with Crippen molar-refractivity contribution >= 4 is 11.7 Å². The number of hydrogen-bond acceptors (Lipinski definition) is 4. The van der Waals surface area contributed by atoms with Gasteiger partial charge in [0.2, 0.25) is 0 Å². The molecule has 0 unspecified atom stereocenters. The van der Waals surface area contributed by atoms with Gasteiger partial charge in [0.25, 0.3) is 5.91 Å². The fourth-order valence-electron chi connectivity index (χ4n) is 2.08. The number of carbonyl (C=O) groups excluding carboxylic acids is 1. The molecule has 1 aromatic carbocycles. The van der Waals surface area contributed by atoms with Gasteiger partial charge in [-0.1, -0.05) is 12.1 Å². The first-order valence-electron chi connectivity index (χ1n) is 6.68. The van der Waals surface area contributed by atoms with Crippen LogP contribution in [0.4, 0.5) is 5.82 Å². The fourth-order valence-corrected chi connectivity index (χ4v) is 2.08. The number of rotatable bonds is 4. The fraction of sp³-hybridized carbons (Fsp3) is 0.0625. The van der Waals surface area contributed by atoms with Crippen LogP contribution in [0.5, 0.6) is 5.75 Å². The number of anilines is 1. The van der Waals surface area contributed by atoms with Gasteiger partial charge in [-0.2, -0.15) is 5.10 Å². The summed E-state index contributed by atoms with van der Waals surface area (Å²) in [4.78, 5) is 15.9. The monoisotopic (exact) mass is 294 g/mol. The average Bonchev–Trinajstić information content (AvgIpc) is 3.04. The van der Waals surface area contributed by atoms with E-state index in [1.807, 2.05) is 24.3 Å². The lowest BCUT2D eigenvalue weighted by Crippen LogP contribution is -2.11. The molecule has 0 spiro atoms. The van der Waals surface area contributed by atoms with Crippen LogP contribution in [0.3, 0.4) is 0 Å². The van der Waals surface area contributed by atoms with Crippen molar-refractivity contribution in [1.82, 2.24) is 15.2 Å². The van der Waals surface area contributed by atoms with Gasteiger partial charge in [0.05, 0.1) is 12.8 Å². The van der Waals surface area contributed by atoms with Gasteiger partial charge in [-0.25, -0.2) is 0 Å². The predicted octanol–water partition coefficient (Wildman–Crippen LogP) is 2.73. The molecule has 2 aromatic heterocycles. The van der Waals surface area contributed by atoms with Crippen LogP contribution >= 0.6 is 0 Å². The molecule has 0 aliphatic heterocycles. The molecule has 2 N–H and O–H groups in total. The summed E-state index contributed by atoms with van der Waals surface area (Å²) in [5.41, 5.74) is 2.17. The first-order valence-corrected chi connectivity index (χ1v) is 6.68. The molecule has 2 heterocycles. The summed E-state index contributed by atoms with van der Waals surface area (Å²) >= 11 is 0. The molecule has 6 nitrogen and oxygen atoms in total. The number of benzene rings is 1. The number of H-pyrrole nitrogens is 1. The van der Waals surface area contributed by atoms with Crippen LogP contribution in [0.25, 0.3) is 11.3 Å². The molecule has 0 bridgehead atoms. The lowest BCUT2D eigenvalue weighted by Gasteiger charge is -2.05. The maximum atomic E-state index is 12.1. The molecule has 0 saturated heterocycles. The minimum absolute atomic E-state index is 0.236. The summed E-state index contributed by atoms with van der Waals surface area (Å²) in [6, 6.07) is 12.6. The van der Waals surface area contributed by atoms with Crippen molar-refractivity contribution < 1.29 is 9.53 Å². The van der Waals surface area contributed by atoms with E-state index in [1.165, 1.54) is 0 Å². The third kappa shape index (κ3) is 2.80. The topological polar surface area (TPSA) is 79.9 Å². The molecule has 110 valence electrons. The Hall–Kier alpha value is -3.15. The Morgan fingerprint density at radius 1 is 1.18 bits per heavy atom. The normalized spacial score (nSPS) is 10.2. The Balaban J connectivity index is 1.81. The molecular formula is C16H14N4O2. The van der Waals surface area contributed by atoms with Crippen LogP contribution in [0.15, 0.2) is 54.9 Å². The summed E-state index contributed by atoms with van der Waals surface area (Å²) in [6.45, 7) is 0. The zero-order chi connectivity index (χ0) is 15.4. The summed E-state index contributed by atoms with van der Waals surface area (Å²) in [5.74, 6) is 0.946. The van der Waals surface area contributed by atoms with Crippen molar-refractivity contribution in [1.29, 1.82) is 0 Å². The van der Waals surface area contributed by atoms with Crippen molar-refractivity contribution in [3.05, 3.63) is 60.4 Å². The molecule has 0 aliphatic rings. The molecule has 0 fully saturated rings. The van der Waals surface area contributed by atoms with E-state index in [4.69, 9.17) is 4.74 Å². The molecule has 3 rings (SSSR count). The maximum Gasteiger partial charge on any atom is 0.256 e. The smallest absolute Gasteiger partial charge is 0.256 e. The molecule has 1 amide bonds. The van der Waals surface area contributed by atoms with Gasteiger partial charge in [0.15, 0.2) is 5.82 Å². The number of nitrogens with one attached hydrogen (secondary N) is 2. The second-order valence-corrected chi connectivity index (χ2v) is 4.56. The second-order valence-electron chi connectivity index (χ2n) is 4.56. The van der Waals surface area contributed by atoms with E-state index in [-0.39, 0.29) is 5.91 Å². The number of aromatic nitrogens is 3. The largest absolute Gasteiger partial charge is 0.496 e. The third-order valence-electron chi connectivity index (χ3n) is 3.16. The van der Waals surface area contributed by atoms with Gasteiger partial charge >= 0.3 is 0 Å². The molecule has 22 heavy (non-hydrogen) atoms. The Morgan fingerprint density at radius 3 is 2.73 bits per heavy atom. The quantitative estimate of drug-likeness (QED) is 0.775. The SMILES string of the molecule is COc1ccccc1-c1cc(NC(=O)c2ccncc2)n[nH]1. The number of pyridine rings is 1. The highest BCUT2D eigenvalue weighted by molar-refractivity contribution is 6.03. The van der Waals surface area contributed by atoms with Gasteiger partial charge in [0.1, 0.15) is 5.75 Å². The summed E-state index contributed by atoms with van der Waals surface area (Å²) in [6.07, 6.45) is 3.14. The molecule has 6 heteroatoms. The van der Waals surface area contributed by atoms with Crippen molar-refractivity contribution in [2.24, 2.45) is 0 Å². The molecule has 0 radical (unpaired) electrons. The molecule has 0 saturated carbocycles. The van der Waals surface area contributed by atoms with Crippen molar-refractivity contribution in [3.8, 4) is 17.0 Å². The van der Waals surface area contributed by atoms with Gasteiger partial charge in [-0.05, 0) is 24.3 Å². The van der Waals surface area contributed by atoms with Gasteiger partial charge in [0, 0.05) is 29.6 Å². The summed E-state index contributed by atoms with van der Waals surface area (Å²) in [5, 5.41) is 9.74. The van der Waals surface area contributed by atoms with Crippen LogP contribution in [0.2, 0.25) is 0 Å². The van der Waals surface area contributed by atoms with Crippen LogP contribution in [-0.2, 0) is 0 Å². The summed E-state index contributed by atoms with van der Waals surface area (Å²) < 4.78 is 5.32. The lowest BCUT2D eigenvalue weighted by molar-refractivity contribution is 0.102. The number of methoxy groups -OCH3 is 1. The molecule has 0 aliphatic carbocycles. The van der Waals surface area contributed by atoms with Crippen LogP contribution in [0.1, 0.15) is 10.4 Å². The zero-order valence-corrected chi connectivity index (χ0v) is 11.9. The van der Waals surface area contributed by atoms with Crippen LogP contribution in [0, 0.1) is 0 Å². The Labute approximate surface area is 127 Å². The van der Waals surface area contributed by atoms with Gasteiger partial charge < -0.3 is 10.1 Å². The van der Waals surface area contributed by atoms with E-state index < -0.39 is 0 Å². The highest BCUT2D eigenvalue weighted by Gasteiger charge is 2.11. The van der Waals surface area contributed by atoms with Crippen LogP contribution < -0.4 is 10.1 Å². The Kier molecular flexibility index (Phi) is 3.82. The third-order valence-corrected chi connectivity index (χ3v) is 3.16. The van der Waals surface area contributed by atoms with E-state index >= 15 is 0 Å². The van der Waals surface area contributed by atoms with Crippen molar-refractivity contribution in [2.45, 2.75) is 0 Å².